The van der Waals surface area contributed by atoms with E-state index in [0.29, 0.717) is 23.7 Å². The second-order valence-corrected chi connectivity index (χ2v) is 5.72. The van der Waals surface area contributed by atoms with Crippen LogP contribution in [0.5, 0.6) is 0 Å². The van der Waals surface area contributed by atoms with Crippen molar-refractivity contribution in [3.63, 3.8) is 0 Å². The maximum absolute atomic E-state index is 11.8. The fourth-order valence-corrected chi connectivity index (χ4v) is 2.44. The van der Waals surface area contributed by atoms with Gasteiger partial charge in [-0.3, -0.25) is 9.59 Å². The van der Waals surface area contributed by atoms with Crippen LogP contribution < -0.4 is 10.6 Å². The molecule has 0 aliphatic carbocycles. The predicted molar refractivity (Wildman–Crippen MR) is 87.9 cm³/mol. The molecule has 5 nitrogen and oxygen atoms in total. The minimum Gasteiger partial charge on any atom is -0.396 e. The molecule has 0 fully saturated rings. The van der Waals surface area contributed by atoms with Crippen LogP contribution in [0, 0.1) is 12.8 Å². The van der Waals surface area contributed by atoms with Crippen LogP contribution in [0.15, 0.2) is 18.2 Å². The highest BCUT2D eigenvalue weighted by molar-refractivity contribution is 6.41. The number of carbonyl (C=O) groups is 2. The Bertz CT molecular complexity index is 514. The van der Waals surface area contributed by atoms with Crippen LogP contribution >= 0.6 is 11.6 Å². The highest BCUT2D eigenvalue weighted by atomic mass is 35.5. The second kappa shape index (κ2) is 9.43. The van der Waals surface area contributed by atoms with Gasteiger partial charge in [0.25, 0.3) is 0 Å². The predicted octanol–water partition coefficient (Wildman–Crippen LogP) is 2.50. The fourth-order valence-electron chi connectivity index (χ4n) is 2.16. The number of aliphatic hydroxyl groups is 1. The van der Waals surface area contributed by atoms with Gasteiger partial charge in [-0.15, -0.1) is 0 Å². The number of anilines is 1. The van der Waals surface area contributed by atoms with Crippen molar-refractivity contribution in [1.29, 1.82) is 0 Å². The minimum absolute atomic E-state index is 0.0751. The average Bonchev–Trinajstić information content (AvgIpc) is 2.47. The number of aliphatic hydroxyl groups excluding tert-OH is 1. The molecule has 1 aromatic carbocycles. The molecular formula is C16H23ClN2O3. The summed E-state index contributed by atoms with van der Waals surface area (Å²) in [5, 5.41) is 14.5. The number of hydrogen-bond acceptors (Lipinski definition) is 3. The van der Waals surface area contributed by atoms with Gasteiger partial charge in [0.05, 0.1) is 10.7 Å². The Kier molecular flexibility index (Phi) is 7.91. The first-order valence-corrected chi connectivity index (χ1v) is 7.81. The lowest BCUT2D eigenvalue weighted by Crippen LogP contribution is -2.38. The van der Waals surface area contributed by atoms with Crippen LogP contribution in [0.1, 0.15) is 31.7 Å². The Morgan fingerprint density at radius 3 is 2.59 bits per heavy atom. The highest BCUT2D eigenvalue weighted by Gasteiger charge is 2.16. The monoisotopic (exact) mass is 326 g/mol. The third kappa shape index (κ3) is 6.03. The standard InChI is InChI=1S/C16H23ClN2O3/c1-3-4-12(7-8-20)10-18-15(21)16(22)19-14-6-5-11(2)9-13(14)17/h5-6,9,12,20H,3-4,7-8,10H2,1-2H3,(H,18,21)(H,19,22). The summed E-state index contributed by atoms with van der Waals surface area (Å²) in [5.74, 6) is -1.27. The Morgan fingerprint density at radius 1 is 1.27 bits per heavy atom. The molecule has 3 N–H and O–H groups in total. The topological polar surface area (TPSA) is 78.4 Å². The lowest BCUT2D eigenvalue weighted by molar-refractivity contribution is -0.136. The van der Waals surface area contributed by atoms with E-state index in [1.165, 1.54) is 0 Å². The lowest BCUT2D eigenvalue weighted by atomic mass is 10.0. The van der Waals surface area contributed by atoms with Crippen LogP contribution in [0.4, 0.5) is 5.69 Å². The molecule has 0 heterocycles. The van der Waals surface area contributed by atoms with Gasteiger partial charge in [0.2, 0.25) is 0 Å². The lowest BCUT2D eigenvalue weighted by Gasteiger charge is -2.15. The average molecular weight is 327 g/mol. The molecule has 0 bridgehead atoms. The Labute approximate surface area is 136 Å². The summed E-state index contributed by atoms with van der Waals surface area (Å²) in [6, 6.07) is 5.18. The van der Waals surface area contributed by atoms with Gasteiger partial charge in [-0.05, 0) is 43.4 Å². The molecule has 1 rings (SSSR count). The number of carbonyl (C=O) groups excluding carboxylic acids is 2. The van der Waals surface area contributed by atoms with Crippen LogP contribution in [0.3, 0.4) is 0 Å². The van der Waals surface area contributed by atoms with E-state index in [-0.39, 0.29) is 12.5 Å². The molecular weight excluding hydrogens is 304 g/mol. The number of rotatable bonds is 7. The Morgan fingerprint density at radius 2 is 2.00 bits per heavy atom. The van der Waals surface area contributed by atoms with E-state index >= 15 is 0 Å². The first-order chi connectivity index (χ1) is 10.5. The summed E-state index contributed by atoms with van der Waals surface area (Å²) in [6.45, 7) is 4.38. The van der Waals surface area contributed by atoms with Gasteiger partial charge < -0.3 is 15.7 Å². The molecule has 0 saturated carbocycles. The van der Waals surface area contributed by atoms with E-state index in [2.05, 4.69) is 10.6 Å². The van der Waals surface area contributed by atoms with Crippen LogP contribution in [-0.2, 0) is 9.59 Å². The first-order valence-electron chi connectivity index (χ1n) is 7.44. The van der Waals surface area contributed by atoms with Crippen LogP contribution in [0.2, 0.25) is 5.02 Å². The molecule has 122 valence electrons. The summed E-state index contributed by atoms with van der Waals surface area (Å²) in [4.78, 5) is 23.7. The first kappa shape index (κ1) is 18.5. The van der Waals surface area contributed by atoms with E-state index in [1.54, 1.807) is 18.2 Å². The number of hydrogen-bond donors (Lipinski definition) is 3. The summed E-state index contributed by atoms with van der Waals surface area (Å²) >= 11 is 6.01. The van der Waals surface area contributed by atoms with Crippen LogP contribution in [-0.4, -0.2) is 30.1 Å². The van der Waals surface area contributed by atoms with Crippen molar-refractivity contribution >= 4 is 29.1 Å². The Hall–Kier alpha value is -1.59. The van der Waals surface area contributed by atoms with Gasteiger partial charge >= 0.3 is 11.8 Å². The summed E-state index contributed by atoms with van der Waals surface area (Å²) in [5.41, 5.74) is 1.38. The van der Waals surface area contributed by atoms with E-state index in [1.807, 2.05) is 13.8 Å². The van der Waals surface area contributed by atoms with E-state index in [0.717, 1.165) is 18.4 Å². The van der Waals surface area contributed by atoms with Crippen LogP contribution in [0.25, 0.3) is 0 Å². The quantitative estimate of drug-likeness (QED) is 0.674. The van der Waals surface area contributed by atoms with Crippen molar-refractivity contribution in [2.75, 3.05) is 18.5 Å². The molecule has 1 unspecified atom stereocenters. The Balaban J connectivity index is 2.52. The van der Waals surface area contributed by atoms with E-state index in [4.69, 9.17) is 16.7 Å². The zero-order valence-electron chi connectivity index (χ0n) is 13.0. The third-order valence-corrected chi connectivity index (χ3v) is 3.68. The van der Waals surface area contributed by atoms with Gasteiger partial charge in [-0.25, -0.2) is 0 Å². The molecule has 0 aliphatic heterocycles. The maximum Gasteiger partial charge on any atom is 0.313 e. The minimum atomic E-state index is -0.745. The number of nitrogens with one attached hydrogen (secondary N) is 2. The maximum atomic E-state index is 11.8. The molecule has 0 aromatic heterocycles. The zero-order chi connectivity index (χ0) is 16.5. The van der Waals surface area contributed by atoms with E-state index in [9.17, 15) is 9.59 Å². The van der Waals surface area contributed by atoms with Crippen molar-refractivity contribution in [2.45, 2.75) is 33.1 Å². The normalized spacial score (nSPS) is 11.8. The van der Waals surface area contributed by atoms with Gasteiger partial charge in [0.1, 0.15) is 0 Å². The van der Waals surface area contributed by atoms with Crippen molar-refractivity contribution < 1.29 is 14.7 Å². The number of halogens is 1. The van der Waals surface area contributed by atoms with Gasteiger partial charge in [-0.1, -0.05) is 31.0 Å². The SMILES string of the molecule is CCCC(CCO)CNC(=O)C(=O)Nc1ccc(C)cc1Cl. The van der Waals surface area contributed by atoms with Crippen molar-refractivity contribution in [2.24, 2.45) is 5.92 Å². The number of benzene rings is 1. The third-order valence-electron chi connectivity index (χ3n) is 3.36. The number of amides is 2. The highest BCUT2D eigenvalue weighted by Crippen LogP contribution is 2.22. The van der Waals surface area contributed by atoms with E-state index < -0.39 is 11.8 Å². The smallest absolute Gasteiger partial charge is 0.313 e. The van der Waals surface area contributed by atoms with Crippen molar-refractivity contribution in [3.05, 3.63) is 28.8 Å². The molecule has 0 spiro atoms. The molecule has 0 saturated heterocycles. The van der Waals surface area contributed by atoms with Crippen molar-refractivity contribution in [3.8, 4) is 0 Å². The molecule has 1 aromatic rings. The second-order valence-electron chi connectivity index (χ2n) is 5.31. The summed E-state index contributed by atoms with van der Waals surface area (Å²) in [7, 11) is 0. The summed E-state index contributed by atoms with van der Waals surface area (Å²) in [6.07, 6.45) is 2.47. The largest absolute Gasteiger partial charge is 0.396 e. The molecule has 22 heavy (non-hydrogen) atoms. The molecule has 0 aliphatic rings. The molecule has 0 radical (unpaired) electrons. The molecule has 6 heteroatoms. The molecule has 1 atom stereocenters. The number of aryl methyl sites for hydroxylation is 1. The van der Waals surface area contributed by atoms with Gasteiger partial charge in [0.15, 0.2) is 0 Å². The van der Waals surface area contributed by atoms with Crippen molar-refractivity contribution in [1.82, 2.24) is 5.32 Å². The zero-order valence-corrected chi connectivity index (χ0v) is 13.7. The fraction of sp³-hybridized carbons (Fsp3) is 0.500. The summed E-state index contributed by atoms with van der Waals surface area (Å²) < 4.78 is 0. The van der Waals surface area contributed by atoms with Gasteiger partial charge in [-0.2, -0.15) is 0 Å². The molecule has 2 amide bonds. The van der Waals surface area contributed by atoms with Gasteiger partial charge in [0, 0.05) is 13.2 Å².